The van der Waals surface area contributed by atoms with E-state index in [4.69, 9.17) is 4.74 Å². The molecule has 0 bridgehead atoms. The molecule has 1 aliphatic rings. The van der Waals surface area contributed by atoms with Crippen molar-refractivity contribution < 1.29 is 4.74 Å². The summed E-state index contributed by atoms with van der Waals surface area (Å²) < 4.78 is 5.64. The Hall–Kier alpha value is -2.14. The van der Waals surface area contributed by atoms with Gasteiger partial charge in [0, 0.05) is 25.0 Å². The summed E-state index contributed by atoms with van der Waals surface area (Å²) in [6, 6.07) is 8.32. The van der Waals surface area contributed by atoms with Crippen molar-refractivity contribution in [3.05, 3.63) is 41.6 Å². The van der Waals surface area contributed by atoms with Crippen LogP contribution in [0, 0.1) is 0 Å². The molecular formula is C19H26N4O. The monoisotopic (exact) mass is 326 g/mol. The van der Waals surface area contributed by atoms with Crippen molar-refractivity contribution in [1.82, 2.24) is 9.97 Å². The first-order valence-corrected chi connectivity index (χ1v) is 8.86. The lowest BCUT2D eigenvalue weighted by Gasteiger charge is -2.15. The Kier molecular flexibility index (Phi) is 5.64. The molecule has 0 amide bonds. The van der Waals surface area contributed by atoms with Gasteiger partial charge in [-0.05, 0) is 42.9 Å². The van der Waals surface area contributed by atoms with Crippen molar-refractivity contribution in [2.24, 2.45) is 0 Å². The van der Waals surface area contributed by atoms with Crippen LogP contribution in [0.3, 0.4) is 0 Å². The number of aryl methyl sites for hydroxylation is 2. The molecule has 0 saturated carbocycles. The fourth-order valence-corrected chi connectivity index (χ4v) is 3.06. The molecule has 1 atom stereocenters. The summed E-state index contributed by atoms with van der Waals surface area (Å²) in [5.74, 6) is 1.46. The number of aromatic nitrogens is 2. The van der Waals surface area contributed by atoms with Gasteiger partial charge in [0.15, 0.2) is 0 Å². The Balaban J connectivity index is 1.72. The summed E-state index contributed by atoms with van der Waals surface area (Å²) in [7, 11) is 0. The topological polar surface area (TPSA) is 59.1 Å². The second kappa shape index (κ2) is 8.11. The van der Waals surface area contributed by atoms with Crippen molar-refractivity contribution in [1.29, 1.82) is 0 Å². The lowest BCUT2D eigenvalue weighted by molar-refractivity contribution is 0.120. The second-order valence-corrected chi connectivity index (χ2v) is 6.06. The highest BCUT2D eigenvalue weighted by Crippen LogP contribution is 2.25. The molecule has 5 nitrogen and oxygen atoms in total. The summed E-state index contributed by atoms with van der Waals surface area (Å²) in [6.45, 7) is 6.00. The molecule has 0 spiro atoms. The van der Waals surface area contributed by atoms with Crippen molar-refractivity contribution >= 4 is 17.5 Å². The van der Waals surface area contributed by atoms with E-state index in [1.807, 2.05) is 6.07 Å². The molecule has 1 aromatic carbocycles. The molecule has 2 aromatic rings. The smallest absolute Gasteiger partial charge is 0.229 e. The first-order chi connectivity index (χ1) is 11.8. The summed E-state index contributed by atoms with van der Waals surface area (Å²) in [5, 5.41) is 6.77. The van der Waals surface area contributed by atoms with Gasteiger partial charge in [-0.2, -0.15) is 4.98 Å². The molecule has 2 N–H and O–H groups in total. The summed E-state index contributed by atoms with van der Waals surface area (Å²) >= 11 is 0. The van der Waals surface area contributed by atoms with Crippen LogP contribution >= 0.6 is 0 Å². The molecule has 3 rings (SSSR count). The van der Waals surface area contributed by atoms with E-state index in [2.05, 4.69) is 52.6 Å². The highest BCUT2D eigenvalue weighted by molar-refractivity contribution is 5.64. The second-order valence-electron chi connectivity index (χ2n) is 6.06. The third kappa shape index (κ3) is 4.03. The zero-order valence-corrected chi connectivity index (χ0v) is 14.5. The number of benzene rings is 1. The lowest BCUT2D eigenvalue weighted by Crippen LogP contribution is -2.19. The van der Waals surface area contributed by atoms with Gasteiger partial charge in [0.25, 0.3) is 0 Å². The van der Waals surface area contributed by atoms with Crippen LogP contribution in [0.1, 0.15) is 37.8 Å². The highest BCUT2D eigenvalue weighted by atomic mass is 16.5. The van der Waals surface area contributed by atoms with Crippen LogP contribution in [0.4, 0.5) is 17.5 Å². The Morgan fingerprint density at radius 3 is 2.62 bits per heavy atom. The average molecular weight is 326 g/mol. The number of ether oxygens (including phenoxy) is 1. The molecule has 128 valence electrons. The van der Waals surface area contributed by atoms with Crippen LogP contribution in [0.2, 0.25) is 0 Å². The van der Waals surface area contributed by atoms with Crippen molar-refractivity contribution in [2.75, 3.05) is 23.8 Å². The molecular weight excluding hydrogens is 300 g/mol. The van der Waals surface area contributed by atoms with E-state index in [0.29, 0.717) is 12.1 Å². The van der Waals surface area contributed by atoms with E-state index in [-0.39, 0.29) is 0 Å². The first kappa shape index (κ1) is 16.7. The third-order valence-electron chi connectivity index (χ3n) is 4.43. The predicted octanol–water partition coefficient (Wildman–Crippen LogP) is 3.94. The molecule has 1 fully saturated rings. The first-order valence-electron chi connectivity index (χ1n) is 8.86. The van der Waals surface area contributed by atoms with E-state index < -0.39 is 0 Å². The predicted molar refractivity (Wildman–Crippen MR) is 98.0 cm³/mol. The van der Waals surface area contributed by atoms with Gasteiger partial charge >= 0.3 is 0 Å². The van der Waals surface area contributed by atoms with Crippen LogP contribution < -0.4 is 10.6 Å². The van der Waals surface area contributed by atoms with Gasteiger partial charge in [-0.15, -0.1) is 0 Å². The minimum absolute atomic E-state index is 0.295. The van der Waals surface area contributed by atoms with Gasteiger partial charge < -0.3 is 15.4 Å². The van der Waals surface area contributed by atoms with Crippen LogP contribution in [-0.4, -0.2) is 29.2 Å². The van der Waals surface area contributed by atoms with Crippen LogP contribution in [-0.2, 0) is 17.6 Å². The Morgan fingerprint density at radius 1 is 1.17 bits per heavy atom. The minimum atomic E-state index is 0.295. The number of rotatable bonds is 7. The van der Waals surface area contributed by atoms with E-state index in [9.17, 15) is 0 Å². The molecule has 24 heavy (non-hydrogen) atoms. The normalized spacial score (nSPS) is 17.0. The summed E-state index contributed by atoms with van der Waals surface area (Å²) in [5.41, 5.74) is 3.71. The van der Waals surface area contributed by atoms with E-state index in [1.165, 1.54) is 11.1 Å². The van der Waals surface area contributed by atoms with Gasteiger partial charge in [-0.1, -0.05) is 32.0 Å². The minimum Gasteiger partial charge on any atom is -0.376 e. The van der Waals surface area contributed by atoms with Crippen molar-refractivity contribution in [2.45, 2.75) is 45.6 Å². The number of hydrogen-bond acceptors (Lipinski definition) is 5. The standard InChI is InChI=1S/C19H26N4O/c1-3-14-7-5-8-15(4-2)18(14)23-19-20-11-10-17(22-19)21-13-16-9-6-12-24-16/h5,7-8,10-11,16H,3-4,6,9,12-13H2,1-2H3,(H2,20,21,22,23). The molecule has 0 radical (unpaired) electrons. The maximum absolute atomic E-state index is 5.64. The van der Waals surface area contributed by atoms with Crippen LogP contribution in [0.25, 0.3) is 0 Å². The maximum atomic E-state index is 5.64. The van der Waals surface area contributed by atoms with E-state index in [0.717, 1.165) is 50.3 Å². The lowest BCUT2D eigenvalue weighted by atomic mass is 10.0. The maximum Gasteiger partial charge on any atom is 0.229 e. The Morgan fingerprint density at radius 2 is 1.96 bits per heavy atom. The SMILES string of the molecule is CCc1cccc(CC)c1Nc1nccc(NCC2CCCO2)n1. The summed E-state index contributed by atoms with van der Waals surface area (Å²) in [6.07, 6.45) is 6.31. The zero-order valence-electron chi connectivity index (χ0n) is 14.5. The van der Waals surface area contributed by atoms with Gasteiger partial charge in [-0.3, -0.25) is 0 Å². The average Bonchev–Trinajstić information content (AvgIpc) is 3.14. The number of nitrogens with zero attached hydrogens (tertiary/aromatic N) is 2. The Labute approximate surface area is 143 Å². The molecule has 1 aromatic heterocycles. The van der Waals surface area contributed by atoms with E-state index in [1.54, 1.807) is 6.20 Å². The molecule has 0 aliphatic carbocycles. The van der Waals surface area contributed by atoms with Crippen molar-refractivity contribution in [3.8, 4) is 0 Å². The van der Waals surface area contributed by atoms with Gasteiger partial charge in [0.05, 0.1) is 6.10 Å². The molecule has 1 aliphatic heterocycles. The number of hydrogen-bond donors (Lipinski definition) is 2. The third-order valence-corrected chi connectivity index (χ3v) is 4.43. The quantitative estimate of drug-likeness (QED) is 0.807. The summed E-state index contributed by atoms with van der Waals surface area (Å²) in [4.78, 5) is 8.96. The molecule has 5 heteroatoms. The van der Waals surface area contributed by atoms with E-state index >= 15 is 0 Å². The molecule has 2 heterocycles. The molecule has 1 saturated heterocycles. The fraction of sp³-hybridized carbons (Fsp3) is 0.474. The largest absolute Gasteiger partial charge is 0.376 e. The molecule has 1 unspecified atom stereocenters. The Bertz CT molecular complexity index is 646. The number of nitrogens with one attached hydrogen (secondary N) is 2. The fourth-order valence-electron chi connectivity index (χ4n) is 3.06. The number of para-hydroxylation sites is 1. The highest BCUT2D eigenvalue weighted by Gasteiger charge is 2.15. The number of anilines is 3. The van der Waals surface area contributed by atoms with Gasteiger partial charge in [0.1, 0.15) is 5.82 Å². The van der Waals surface area contributed by atoms with Crippen molar-refractivity contribution in [3.63, 3.8) is 0 Å². The van der Waals surface area contributed by atoms with Gasteiger partial charge in [-0.25, -0.2) is 4.98 Å². The van der Waals surface area contributed by atoms with Crippen LogP contribution in [0.5, 0.6) is 0 Å². The van der Waals surface area contributed by atoms with Crippen LogP contribution in [0.15, 0.2) is 30.5 Å². The zero-order chi connectivity index (χ0) is 16.8. The van der Waals surface area contributed by atoms with Gasteiger partial charge in [0.2, 0.25) is 5.95 Å².